The fraction of sp³-hybridized carbons (Fsp3) is 1.00. The van der Waals surface area contributed by atoms with Crippen LogP contribution in [0, 0.1) is 0 Å². The van der Waals surface area contributed by atoms with E-state index in [2.05, 4.69) is 17.1 Å². The second-order valence-electron chi connectivity index (χ2n) is 5.73. The van der Waals surface area contributed by atoms with Gasteiger partial charge in [-0.25, -0.2) is 0 Å². The first kappa shape index (κ1) is 13.3. The predicted octanol–water partition coefficient (Wildman–Crippen LogP) is 2.02. The SMILES string of the molecule is CCN1CCCC1CC1(COC)CCCCN1. The molecule has 2 unspecified atom stereocenters. The lowest BCUT2D eigenvalue weighted by Crippen LogP contribution is -2.55. The number of nitrogens with one attached hydrogen (secondary N) is 1. The molecule has 0 saturated carbocycles. The highest BCUT2D eigenvalue weighted by Gasteiger charge is 2.37. The number of piperidine rings is 1. The van der Waals surface area contributed by atoms with E-state index in [1.54, 1.807) is 0 Å². The molecule has 0 aliphatic carbocycles. The number of methoxy groups -OCH3 is 1. The van der Waals surface area contributed by atoms with Crippen LogP contribution in [0.2, 0.25) is 0 Å². The zero-order valence-electron chi connectivity index (χ0n) is 11.5. The summed E-state index contributed by atoms with van der Waals surface area (Å²) in [6.45, 7) is 6.83. The van der Waals surface area contributed by atoms with E-state index in [1.165, 1.54) is 58.2 Å². The third kappa shape index (κ3) is 3.21. The van der Waals surface area contributed by atoms with Gasteiger partial charge in [0.1, 0.15) is 0 Å². The predicted molar refractivity (Wildman–Crippen MR) is 71.3 cm³/mol. The van der Waals surface area contributed by atoms with Crippen molar-refractivity contribution in [3.63, 3.8) is 0 Å². The molecule has 3 nitrogen and oxygen atoms in total. The second kappa shape index (κ2) is 6.17. The molecule has 2 atom stereocenters. The van der Waals surface area contributed by atoms with E-state index in [4.69, 9.17) is 4.74 Å². The van der Waals surface area contributed by atoms with Crippen LogP contribution < -0.4 is 5.32 Å². The van der Waals surface area contributed by atoms with Gasteiger partial charge in [-0.3, -0.25) is 0 Å². The molecule has 2 fully saturated rings. The van der Waals surface area contributed by atoms with E-state index in [0.717, 1.165) is 12.6 Å². The van der Waals surface area contributed by atoms with Crippen molar-refractivity contribution in [1.29, 1.82) is 0 Å². The minimum absolute atomic E-state index is 0.259. The van der Waals surface area contributed by atoms with Crippen molar-refractivity contribution in [2.24, 2.45) is 0 Å². The molecule has 0 radical (unpaired) electrons. The average Bonchev–Trinajstić information content (AvgIpc) is 2.77. The van der Waals surface area contributed by atoms with Crippen molar-refractivity contribution in [3.8, 4) is 0 Å². The van der Waals surface area contributed by atoms with E-state index >= 15 is 0 Å². The third-order valence-electron chi connectivity index (χ3n) is 4.53. The van der Waals surface area contributed by atoms with Gasteiger partial charge in [0.2, 0.25) is 0 Å². The van der Waals surface area contributed by atoms with Gasteiger partial charge in [-0.2, -0.15) is 0 Å². The lowest BCUT2D eigenvalue weighted by molar-refractivity contribution is 0.0641. The Balaban J connectivity index is 1.96. The topological polar surface area (TPSA) is 24.5 Å². The molecule has 1 N–H and O–H groups in total. The van der Waals surface area contributed by atoms with Gasteiger partial charge in [0.15, 0.2) is 0 Å². The van der Waals surface area contributed by atoms with Crippen LogP contribution in [0.1, 0.15) is 45.4 Å². The highest BCUT2D eigenvalue weighted by Crippen LogP contribution is 2.30. The van der Waals surface area contributed by atoms with Crippen LogP contribution in [0.4, 0.5) is 0 Å². The Labute approximate surface area is 106 Å². The van der Waals surface area contributed by atoms with E-state index in [9.17, 15) is 0 Å². The van der Waals surface area contributed by atoms with Crippen LogP contribution in [-0.2, 0) is 4.74 Å². The minimum Gasteiger partial charge on any atom is -0.383 e. The Morgan fingerprint density at radius 1 is 1.35 bits per heavy atom. The molecular weight excluding hydrogens is 212 g/mol. The van der Waals surface area contributed by atoms with Crippen LogP contribution in [0.5, 0.6) is 0 Å². The number of rotatable bonds is 5. The summed E-state index contributed by atoms with van der Waals surface area (Å²) in [5, 5.41) is 3.75. The van der Waals surface area contributed by atoms with Gasteiger partial charge < -0.3 is 15.0 Å². The summed E-state index contributed by atoms with van der Waals surface area (Å²) < 4.78 is 5.48. The molecule has 2 saturated heterocycles. The molecule has 2 aliphatic rings. The van der Waals surface area contributed by atoms with Crippen molar-refractivity contribution < 1.29 is 4.74 Å². The lowest BCUT2D eigenvalue weighted by Gasteiger charge is -2.41. The summed E-state index contributed by atoms with van der Waals surface area (Å²) in [4.78, 5) is 2.65. The Hall–Kier alpha value is -0.120. The fourth-order valence-electron chi connectivity index (χ4n) is 3.66. The van der Waals surface area contributed by atoms with E-state index < -0.39 is 0 Å². The van der Waals surface area contributed by atoms with Gasteiger partial charge in [-0.15, -0.1) is 0 Å². The second-order valence-corrected chi connectivity index (χ2v) is 5.73. The number of likely N-dealkylation sites (tertiary alicyclic amines) is 1. The summed E-state index contributed by atoms with van der Waals surface area (Å²) in [6.07, 6.45) is 7.99. The smallest absolute Gasteiger partial charge is 0.0645 e. The first-order chi connectivity index (χ1) is 8.29. The third-order valence-corrected chi connectivity index (χ3v) is 4.53. The highest BCUT2D eigenvalue weighted by atomic mass is 16.5. The molecule has 3 heteroatoms. The Morgan fingerprint density at radius 2 is 2.24 bits per heavy atom. The van der Waals surface area contributed by atoms with E-state index in [0.29, 0.717) is 0 Å². The van der Waals surface area contributed by atoms with Crippen molar-refractivity contribution in [2.75, 3.05) is 33.4 Å². The summed E-state index contributed by atoms with van der Waals surface area (Å²) in [7, 11) is 1.84. The Morgan fingerprint density at radius 3 is 2.88 bits per heavy atom. The molecule has 0 aromatic rings. The number of hydrogen-bond acceptors (Lipinski definition) is 3. The van der Waals surface area contributed by atoms with Gasteiger partial charge in [-0.05, 0) is 51.7 Å². The van der Waals surface area contributed by atoms with Crippen molar-refractivity contribution in [2.45, 2.75) is 57.0 Å². The van der Waals surface area contributed by atoms with Crippen molar-refractivity contribution in [1.82, 2.24) is 10.2 Å². The molecule has 2 aliphatic heterocycles. The van der Waals surface area contributed by atoms with Gasteiger partial charge >= 0.3 is 0 Å². The van der Waals surface area contributed by atoms with Crippen molar-refractivity contribution in [3.05, 3.63) is 0 Å². The molecular formula is C14H28N2O. The Kier molecular flexibility index (Phi) is 4.83. The van der Waals surface area contributed by atoms with Gasteiger partial charge in [0.25, 0.3) is 0 Å². The molecule has 0 aromatic heterocycles. The van der Waals surface area contributed by atoms with Crippen LogP contribution >= 0.6 is 0 Å². The first-order valence-corrected chi connectivity index (χ1v) is 7.28. The van der Waals surface area contributed by atoms with Crippen molar-refractivity contribution >= 4 is 0 Å². The van der Waals surface area contributed by atoms with Crippen LogP contribution in [0.25, 0.3) is 0 Å². The maximum atomic E-state index is 5.48. The maximum absolute atomic E-state index is 5.48. The fourth-order valence-corrected chi connectivity index (χ4v) is 3.66. The molecule has 100 valence electrons. The van der Waals surface area contributed by atoms with Gasteiger partial charge in [-0.1, -0.05) is 13.3 Å². The number of ether oxygens (including phenoxy) is 1. The van der Waals surface area contributed by atoms with Gasteiger partial charge in [0, 0.05) is 18.7 Å². The van der Waals surface area contributed by atoms with Gasteiger partial charge in [0.05, 0.1) is 6.61 Å². The van der Waals surface area contributed by atoms with Crippen LogP contribution in [0.3, 0.4) is 0 Å². The normalized spacial score (nSPS) is 35.3. The first-order valence-electron chi connectivity index (χ1n) is 7.28. The zero-order valence-corrected chi connectivity index (χ0v) is 11.5. The molecule has 0 amide bonds. The number of nitrogens with zero attached hydrogens (tertiary/aromatic N) is 1. The highest BCUT2D eigenvalue weighted by molar-refractivity contribution is 4.96. The Bertz CT molecular complexity index is 221. The monoisotopic (exact) mass is 240 g/mol. The molecule has 17 heavy (non-hydrogen) atoms. The standard InChI is InChI=1S/C14H28N2O/c1-3-16-10-6-7-13(16)11-14(12-17-2)8-4-5-9-15-14/h13,15H,3-12H2,1-2H3. The molecule has 2 heterocycles. The quantitative estimate of drug-likeness (QED) is 0.795. The number of hydrogen-bond donors (Lipinski definition) is 1. The van der Waals surface area contributed by atoms with E-state index in [-0.39, 0.29) is 5.54 Å². The molecule has 0 bridgehead atoms. The van der Waals surface area contributed by atoms with Crippen LogP contribution in [0.15, 0.2) is 0 Å². The van der Waals surface area contributed by atoms with Crippen LogP contribution in [-0.4, -0.2) is 49.8 Å². The molecule has 0 spiro atoms. The molecule has 2 rings (SSSR count). The summed E-state index contributed by atoms with van der Waals surface area (Å²) in [6, 6.07) is 0.778. The lowest BCUT2D eigenvalue weighted by atomic mass is 9.83. The maximum Gasteiger partial charge on any atom is 0.0645 e. The minimum atomic E-state index is 0.259. The molecule has 0 aromatic carbocycles. The largest absolute Gasteiger partial charge is 0.383 e. The summed E-state index contributed by atoms with van der Waals surface area (Å²) in [5.74, 6) is 0. The zero-order chi connectivity index (χ0) is 12.1. The summed E-state index contributed by atoms with van der Waals surface area (Å²) in [5.41, 5.74) is 0.259. The van der Waals surface area contributed by atoms with E-state index in [1.807, 2.05) is 7.11 Å². The average molecular weight is 240 g/mol. The summed E-state index contributed by atoms with van der Waals surface area (Å²) >= 11 is 0.